The van der Waals surface area contributed by atoms with E-state index in [1.165, 1.54) is 0 Å². The van der Waals surface area contributed by atoms with Gasteiger partial charge in [0.05, 0.1) is 0 Å². The molecule has 0 amide bonds. The second-order valence-corrected chi connectivity index (χ2v) is 3.89. The molecule has 0 bridgehead atoms. The summed E-state index contributed by atoms with van der Waals surface area (Å²) in [5.74, 6) is -0.356. The number of carboxylic acid groups (broad SMARTS) is 1. The molecule has 2 rings (SSSR count). The lowest BCUT2D eigenvalue weighted by atomic mass is 10.1. The van der Waals surface area contributed by atoms with Crippen LogP contribution < -0.4 is 10.5 Å². The molecule has 0 spiro atoms. The van der Waals surface area contributed by atoms with Gasteiger partial charge in [0.2, 0.25) is 0 Å². The number of carboxylic acids is 1. The fraction of sp³-hybridized carbons (Fsp3) is 0.222. The van der Waals surface area contributed by atoms with Crippen LogP contribution in [-0.4, -0.2) is 17.2 Å². The van der Waals surface area contributed by atoms with Crippen LogP contribution in [0.2, 0.25) is 0 Å². The molecular weight excluding hydrogens is 250 g/mol. The van der Waals surface area contributed by atoms with E-state index in [0.717, 1.165) is 10.0 Å². The first-order chi connectivity index (χ1) is 6.59. The lowest BCUT2D eigenvalue weighted by molar-refractivity contribution is -0.144. The lowest BCUT2D eigenvalue weighted by Crippen LogP contribution is -2.24. The van der Waals surface area contributed by atoms with Crippen LogP contribution in [0.15, 0.2) is 16.6 Å². The van der Waals surface area contributed by atoms with E-state index in [2.05, 4.69) is 15.9 Å². The van der Waals surface area contributed by atoms with Gasteiger partial charge in [-0.2, -0.15) is 0 Å². The molecule has 1 aromatic rings. The van der Waals surface area contributed by atoms with E-state index in [-0.39, 0.29) is 0 Å². The second kappa shape index (κ2) is 3.16. The quantitative estimate of drug-likeness (QED) is 0.747. The molecule has 1 aliphatic rings. The number of nitrogens with two attached hydrogens (primary N) is 1. The average Bonchev–Trinajstić information content (AvgIpc) is 2.56. The summed E-state index contributed by atoms with van der Waals surface area (Å²) in [6.07, 6.45) is -0.431. The van der Waals surface area contributed by atoms with Gasteiger partial charge in [-0.3, -0.25) is 0 Å². The number of anilines is 1. The van der Waals surface area contributed by atoms with Crippen molar-refractivity contribution in [1.29, 1.82) is 0 Å². The molecule has 0 saturated heterocycles. The summed E-state index contributed by atoms with van der Waals surface area (Å²) in [7, 11) is 0. The number of nitrogen functional groups attached to an aromatic ring is 1. The van der Waals surface area contributed by atoms with Crippen molar-refractivity contribution in [2.45, 2.75) is 12.5 Å². The van der Waals surface area contributed by atoms with Crippen molar-refractivity contribution < 1.29 is 14.6 Å². The molecule has 14 heavy (non-hydrogen) atoms. The summed E-state index contributed by atoms with van der Waals surface area (Å²) < 4.78 is 5.95. The van der Waals surface area contributed by atoms with Crippen LogP contribution in [-0.2, 0) is 11.2 Å². The van der Waals surface area contributed by atoms with Crippen LogP contribution in [0.4, 0.5) is 5.69 Å². The Morgan fingerprint density at radius 1 is 1.64 bits per heavy atom. The second-order valence-electron chi connectivity index (χ2n) is 3.09. The van der Waals surface area contributed by atoms with Crippen molar-refractivity contribution in [3.63, 3.8) is 0 Å². The van der Waals surface area contributed by atoms with E-state index in [1.54, 1.807) is 12.1 Å². The predicted molar refractivity (Wildman–Crippen MR) is 54.3 cm³/mol. The molecule has 0 aliphatic carbocycles. The monoisotopic (exact) mass is 257 g/mol. The third-order valence-electron chi connectivity index (χ3n) is 2.16. The SMILES string of the molecule is Nc1ccc2c(c1Br)CC(C(=O)O)O2. The van der Waals surface area contributed by atoms with E-state index < -0.39 is 12.1 Å². The molecule has 0 aromatic heterocycles. The Bertz CT molecular complexity index is 405. The minimum absolute atomic E-state index is 0.357. The highest BCUT2D eigenvalue weighted by atomic mass is 79.9. The molecule has 0 fully saturated rings. The molecule has 74 valence electrons. The summed E-state index contributed by atoms with van der Waals surface area (Å²) in [6.45, 7) is 0. The molecule has 0 saturated carbocycles. The fourth-order valence-corrected chi connectivity index (χ4v) is 1.93. The van der Waals surface area contributed by atoms with Gasteiger partial charge in [0.1, 0.15) is 5.75 Å². The normalized spacial score (nSPS) is 18.8. The van der Waals surface area contributed by atoms with Gasteiger partial charge in [0.15, 0.2) is 6.10 Å². The Balaban J connectivity index is 2.40. The molecule has 4 nitrogen and oxygen atoms in total. The molecule has 1 atom stereocenters. The van der Waals surface area contributed by atoms with Gasteiger partial charge >= 0.3 is 5.97 Å². The molecule has 1 aromatic carbocycles. The first-order valence-corrected chi connectivity index (χ1v) is 4.85. The van der Waals surface area contributed by atoms with Crippen LogP contribution in [0, 0.1) is 0 Å². The Morgan fingerprint density at radius 2 is 2.36 bits per heavy atom. The molecule has 3 N–H and O–H groups in total. The van der Waals surface area contributed by atoms with Crippen molar-refractivity contribution >= 4 is 27.6 Å². The van der Waals surface area contributed by atoms with Crippen molar-refractivity contribution in [3.8, 4) is 5.75 Å². The topological polar surface area (TPSA) is 72.6 Å². The maximum absolute atomic E-state index is 10.7. The summed E-state index contributed by atoms with van der Waals surface area (Å²) in [6, 6.07) is 3.38. The lowest BCUT2D eigenvalue weighted by Gasteiger charge is -2.03. The summed E-state index contributed by atoms with van der Waals surface area (Å²) in [5, 5.41) is 8.77. The number of halogens is 1. The van der Waals surface area contributed by atoms with E-state index in [0.29, 0.717) is 17.9 Å². The Hall–Kier alpha value is -1.23. The number of hydrogen-bond donors (Lipinski definition) is 2. The highest BCUT2D eigenvalue weighted by molar-refractivity contribution is 9.10. The van der Waals surface area contributed by atoms with Gasteiger partial charge in [-0.25, -0.2) is 4.79 Å². The first-order valence-electron chi connectivity index (χ1n) is 4.06. The van der Waals surface area contributed by atoms with Gasteiger partial charge < -0.3 is 15.6 Å². The smallest absolute Gasteiger partial charge is 0.345 e. The number of aliphatic carboxylic acids is 1. The standard InChI is InChI=1S/C9H8BrNO3/c10-8-4-3-7(9(12)13)14-6(4)2-1-5(8)11/h1-2,7H,3,11H2,(H,12,13). The molecule has 5 heteroatoms. The van der Waals surface area contributed by atoms with Crippen LogP contribution in [0.5, 0.6) is 5.75 Å². The van der Waals surface area contributed by atoms with Gasteiger partial charge in [-0.1, -0.05) is 0 Å². The van der Waals surface area contributed by atoms with Crippen molar-refractivity contribution in [2.75, 3.05) is 5.73 Å². The summed E-state index contributed by atoms with van der Waals surface area (Å²) in [5.41, 5.74) is 7.09. The number of rotatable bonds is 1. The number of benzene rings is 1. The van der Waals surface area contributed by atoms with Crippen LogP contribution in [0.25, 0.3) is 0 Å². The Kier molecular flexibility index (Phi) is 2.11. The van der Waals surface area contributed by atoms with Crippen LogP contribution in [0.1, 0.15) is 5.56 Å². The highest BCUT2D eigenvalue weighted by Gasteiger charge is 2.30. The minimum atomic E-state index is -0.952. The van der Waals surface area contributed by atoms with E-state index in [4.69, 9.17) is 15.6 Å². The maximum Gasteiger partial charge on any atom is 0.345 e. The summed E-state index contributed by atoms with van der Waals surface area (Å²) in [4.78, 5) is 10.7. The Labute approximate surface area is 88.8 Å². The van der Waals surface area contributed by atoms with E-state index in [9.17, 15) is 4.79 Å². The molecule has 1 aliphatic heterocycles. The van der Waals surface area contributed by atoms with Crippen molar-refractivity contribution in [2.24, 2.45) is 0 Å². The van der Waals surface area contributed by atoms with Gasteiger partial charge in [-0.05, 0) is 28.1 Å². The summed E-state index contributed by atoms with van der Waals surface area (Å²) >= 11 is 3.31. The largest absolute Gasteiger partial charge is 0.478 e. The Morgan fingerprint density at radius 3 is 3.00 bits per heavy atom. The number of fused-ring (bicyclic) bond motifs is 1. The van der Waals surface area contributed by atoms with E-state index in [1.807, 2.05) is 0 Å². The number of ether oxygens (including phenoxy) is 1. The average molecular weight is 258 g/mol. The van der Waals surface area contributed by atoms with Crippen LogP contribution in [0.3, 0.4) is 0 Å². The number of hydrogen-bond acceptors (Lipinski definition) is 3. The molecule has 1 heterocycles. The van der Waals surface area contributed by atoms with Crippen LogP contribution >= 0.6 is 15.9 Å². The molecular formula is C9H8BrNO3. The van der Waals surface area contributed by atoms with Crippen molar-refractivity contribution in [1.82, 2.24) is 0 Å². The van der Waals surface area contributed by atoms with Gasteiger partial charge in [0, 0.05) is 22.1 Å². The van der Waals surface area contributed by atoms with Gasteiger partial charge in [-0.15, -0.1) is 0 Å². The zero-order valence-electron chi connectivity index (χ0n) is 7.16. The highest BCUT2D eigenvalue weighted by Crippen LogP contribution is 2.37. The molecule has 1 unspecified atom stereocenters. The third-order valence-corrected chi connectivity index (χ3v) is 3.10. The zero-order valence-corrected chi connectivity index (χ0v) is 8.74. The zero-order chi connectivity index (χ0) is 10.3. The minimum Gasteiger partial charge on any atom is -0.478 e. The fourth-order valence-electron chi connectivity index (χ4n) is 1.44. The van der Waals surface area contributed by atoms with E-state index >= 15 is 0 Å². The van der Waals surface area contributed by atoms with Gasteiger partial charge in [0.25, 0.3) is 0 Å². The van der Waals surface area contributed by atoms with Crippen molar-refractivity contribution in [3.05, 3.63) is 22.2 Å². The number of carbonyl (C=O) groups is 1. The maximum atomic E-state index is 10.7. The first kappa shape index (κ1) is 9.33. The predicted octanol–water partition coefficient (Wildman–Crippen LogP) is 1.42. The third kappa shape index (κ3) is 1.33. The molecule has 0 radical (unpaired) electrons.